The van der Waals surface area contributed by atoms with Crippen molar-refractivity contribution in [1.29, 1.82) is 0 Å². The summed E-state index contributed by atoms with van der Waals surface area (Å²) in [7, 11) is 1.62. The van der Waals surface area contributed by atoms with Gasteiger partial charge in [0, 0.05) is 5.38 Å². The molecule has 0 saturated heterocycles. The van der Waals surface area contributed by atoms with Crippen molar-refractivity contribution in [3.05, 3.63) is 16.1 Å². The molecule has 0 aliphatic heterocycles. The fourth-order valence-electron chi connectivity index (χ4n) is 1.18. The number of likely N-dealkylation sites (N-methyl/N-ethyl adjacent to an activating group) is 1. The van der Waals surface area contributed by atoms with Crippen molar-refractivity contribution in [2.45, 2.75) is 25.8 Å². The largest absolute Gasteiger partial charge is 0.480 e. The highest BCUT2D eigenvalue weighted by molar-refractivity contribution is 7.09. The van der Waals surface area contributed by atoms with E-state index in [1.54, 1.807) is 7.05 Å². The Kier molecular flexibility index (Phi) is 4.03. The zero-order valence-electron chi connectivity index (χ0n) is 8.28. The molecule has 0 spiro atoms. The molecule has 0 aliphatic carbocycles. The van der Waals surface area contributed by atoms with Crippen molar-refractivity contribution in [1.82, 2.24) is 10.3 Å². The average Bonchev–Trinajstić information content (AvgIpc) is 2.54. The second kappa shape index (κ2) is 5.07. The SMILES string of the molecule is CCCc1csc(C(NC)C(=O)O)n1. The molecule has 1 heterocycles. The predicted octanol–water partition coefficient (Wildman–Crippen LogP) is 1.44. The van der Waals surface area contributed by atoms with E-state index in [1.165, 1.54) is 11.3 Å². The first-order valence-corrected chi connectivity index (χ1v) is 5.41. The van der Waals surface area contributed by atoms with Crippen LogP contribution in [0.2, 0.25) is 0 Å². The maximum Gasteiger partial charge on any atom is 0.327 e. The molecule has 78 valence electrons. The van der Waals surface area contributed by atoms with Crippen molar-refractivity contribution < 1.29 is 9.90 Å². The first-order valence-electron chi connectivity index (χ1n) is 4.53. The van der Waals surface area contributed by atoms with E-state index < -0.39 is 12.0 Å². The summed E-state index contributed by atoms with van der Waals surface area (Å²) in [6.45, 7) is 2.08. The summed E-state index contributed by atoms with van der Waals surface area (Å²) in [6, 6.07) is -0.675. The zero-order valence-corrected chi connectivity index (χ0v) is 9.10. The Morgan fingerprint density at radius 1 is 1.79 bits per heavy atom. The van der Waals surface area contributed by atoms with E-state index >= 15 is 0 Å². The lowest BCUT2D eigenvalue weighted by atomic mass is 10.3. The highest BCUT2D eigenvalue weighted by Crippen LogP contribution is 2.18. The number of aromatic nitrogens is 1. The third-order valence-electron chi connectivity index (χ3n) is 1.86. The van der Waals surface area contributed by atoms with Crippen LogP contribution in [0.1, 0.15) is 30.1 Å². The summed E-state index contributed by atoms with van der Waals surface area (Å²) < 4.78 is 0. The van der Waals surface area contributed by atoms with Crippen molar-refractivity contribution in [2.24, 2.45) is 0 Å². The Morgan fingerprint density at radius 2 is 2.50 bits per heavy atom. The lowest BCUT2D eigenvalue weighted by molar-refractivity contribution is -0.139. The van der Waals surface area contributed by atoms with E-state index in [1.807, 2.05) is 5.38 Å². The van der Waals surface area contributed by atoms with Gasteiger partial charge in [-0.3, -0.25) is 4.79 Å². The number of rotatable bonds is 5. The first-order chi connectivity index (χ1) is 6.69. The molecule has 4 nitrogen and oxygen atoms in total. The minimum Gasteiger partial charge on any atom is -0.480 e. The maximum atomic E-state index is 10.8. The van der Waals surface area contributed by atoms with Gasteiger partial charge in [0.25, 0.3) is 0 Å². The number of carboxylic acids is 1. The van der Waals surface area contributed by atoms with E-state index in [0.717, 1.165) is 18.5 Å². The minimum atomic E-state index is -0.884. The molecule has 0 bridgehead atoms. The summed E-state index contributed by atoms with van der Waals surface area (Å²) in [4.78, 5) is 15.1. The third-order valence-corrected chi connectivity index (χ3v) is 2.82. The summed E-state index contributed by atoms with van der Waals surface area (Å²) in [5.74, 6) is -0.884. The Balaban J connectivity index is 2.78. The Hall–Kier alpha value is -0.940. The smallest absolute Gasteiger partial charge is 0.327 e. The molecule has 0 aromatic carbocycles. The molecule has 1 unspecified atom stereocenters. The topological polar surface area (TPSA) is 62.2 Å². The van der Waals surface area contributed by atoms with Crippen LogP contribution in [0.5, 0.6) is 0 Å². The normalized spacial score (nSPS) is 12.7. The molecule has 1 atom stereocenters. The van der Waals surface area contributed by atoms with Crippen LogP contribution in [-0.2, 0) is 11.2 Å². The monoisotopic (exact) mass is 214 g/mol. The Morgan fingerprint density at radius 3 is 3.00 bits per heavy atom. The van der Waals surface area contributed by atoms with Gasteiger partial charge in [0.1, 0.15) is 5.01 Å². The molecular weight excluding hydrogens is 200 g/mol. The van der Waals surface area contributed by atoms with Gasteiger partial charge in [-0.05, 0) is 13.5 Å². The van der Waals surface area contributed by atoms with E-state index in [-0.39, 0.29) is 0 Å². The first kappa shape index (κ1) is 11.1. The lowest BCUT2D eigenvalue weighted by Crippen LogP contribution is -2.24. The second-order valence-corrected chi connectivity index (χ2v) is 3.88. The molecule has 1 aromatic heterocycles. The molecule has 5 heteroatoms. The average molecular weight is 214 g/mol. The van der Waals surface area contributed by atoms with Crippen LogP contribution in [0.4, 0.5) is 0 Å². The van der Waals surface area contributed by atoms with Crippen molar-refractivity contribution in [3.8, 4) is 0 Å². The Bertz CT molecular complexity index is 312. The molecule has 2 N–H and O–H groups in total. The lowest BCUT2D eigenvalue weighted by Gasteiger charge is -2.06. The molecular formula is C9H14N2O2S. The van der Waals surface area contributed by atoms with Gasteiger partial charge in [0.05, 0.1) is 5.69 Å². The number of hydrogen-bond donors (Lipinski definition) is 2. The van der Waals surface area contributed by atoms with Gasteiger partial charge in [0.2, 0.25) is 0 Å². The maximum absolute atomic E-state index is 10.8. The van der Waals surface area contributed by atoms with Crippen LogP contribution in [0.3, 0.4) is 0 Å². The van der Waals surface area contributed by atoms with E-state index in [2.05, 4.69) is 17.2 Å². The van der Waals surface area contributed by atoms with Gasteiger partial charge in [-0.2, -0.15) is 0 Å². The standard InChI is InChI=1S/C9H14N2O2S/c1-3-4-6-5-14-8(11-6)7(10-2)9(12)13/h5,7,10H,3-4H2,1-2H3,(H,12,13). The third kappa shape index (κ3) is 2.52. The molecule has 0 aliphatic rings. The van der Waals surface area contributed by atoms with Gasteiger partial charge in [-0.15, -0.1) is 11.3 Å². The van der Waals surface area contributed by atoms with Crippen LogP contribution in [0, 0.1) is 0 Å². The number of aryl methyl sites for hydroxylation is 1. The number of thiazole rings is 1. The van der Waals surface area contributed by atoms with Crippen molar-refractivity contribution in [2.75, 3.05) is 7.05 Å². The van der Waals surface area contributed by atoms with Gasteiger partial charge in [-0.1, -0.05) is 13.3 Å². The van der Waals surface area contributed by atoms with Crippen molar-refractivity contribution >= 4 is 17.3 Å². The summed E-state index contributed by atoms with van der Waals surface area (Å²) in [6.07, 6.45) is 1.94. The fourth-order valence-corrected chi connectivity index (χ4v) is 2.13. The predicted molar refractivity (Wildman–Crippen MR) is 55.5 cm³/mol. The van der Waals surface area contributed by atoms with Crippen LogP contribution in [-0.4, -0.2) is 23.1 Å². The highest BCUT2D eigenvalue weighted by atomic mass is 32.1. The summed E-state index contributed by atoms with van der Waals surface area (Å²) in [5.41, 5.74) is 0.981. The summed E-state index contributed by atoms with van der Waals surface area (Å²) in [5, 5.41) is 14.1. The van der Waals surface area contributed by atoms with Crippen LogP contribution in [0.15, 0.2) is 5.38 Å². The van der Waals surface area contributed by atoms with E-state index in [4.69, 9.17) is 5.11 Å². The summed E-state index contributed by atoms with van der Waals surface area (Å²) >= 11 is 1.40. The Labute approximate surface area is 87.0 Å². The van der Waals surface area contributed by atoms with E-state index in [0.29, 0.717) is 5.01 Å². The molecule has 0 amide bonds. The van der Waals surface area contributed by atoms with Crippen LogP contribution < -0.4 is 5.32 Å². The van der Waals surface area contributed by atoms with E-state index in [9.17, 15) is 4.79 Å². The van der Waals surface area contributed by atoms with Gasteiger partial charge in [-0.25, -0.2) is 4.98 Å². The van der Waals surface area contributed by atoms with Crippen LogP contribution in [0.25, 0.3) is 0 Å². The highest BCUT2D eigenvalue weighted by Gasteiger charge is 2.20. The molecule has 14 heavy (non-hydrogen) atoms. The van der Waals surface area contributed by atoms with Crippen LogP contribution >= 0.6 is 11.3 Å². The van der Waals surface area contributed by atoms with Gasteiger partial charge in [0.15, 0.2) is 6.04 Å². The van der Waals surface area contributed by atoms with Gasteiger partial charge >= 0.3 is 5.97 Å². The fraction of sp³-hybridized carbons (Fsp3) is 0.556. The quantitative estimate of drug-likeness (QED) is 0.778. The molecule has 1 rings (SSSR count). The molecule has 1 aromatic rings. The number of aliphatic carboxylic acids is 1. The van der Waals surface area contributed by atoms with Gasteiger partial charge < -0.3 is 10.4 Å². The second-order valence-electron chi connectivity index (χ2n) is 2.99. The molecule has 0 fully saturated rings. The number of carboxylic acid groups (broad SMARTS) is 1. The number of hydrogen-bond acceptors (Lipinski definition) is 4. The minimum absolute atomic E-state index is 0.628. The number of nitrogens with zero attached hydrogens (tertiary/aromatic N) is 1. The number of nitrogens with one attached hydrogen (secondary N) is 1. The zero-order chi connectivity index (χ0) is 10.6. The molecule has 0 radical (unpaired) electrons. The molecule has 0 saturated carbocycles. The number of carbonyl (C=O) groups is 1. The van der Waals surface area contributed by atoms with Crippen molar-refractivity contribution in [3.63, 3.8) is 0 Å².